The van der Waals surface area contributed by atoms with Gasteiger partial charge in [0.05, 0.1) is 0 Å². The molecule has 1 aliphatic carbocycles. The van der Waals surface area contributed by atoms with Crippen LogP contribution in [-0.2, 0) is 0 Å². The van der Waals surface area contributed by atoms with Crippen molar-refractivity contribution in [2.24, 2.45) is 5.73 Å². The van der Waals surface area contributed by atoms with Crippen LogP contribution in [0.5, 0.6) is 0 Å². The van der Waals surface area contributed by atoms with Gasteiger partial charge < -0.3 is 10.6 Å². The molecular weight excluding hydrogens is 160 g/mol. The molecule has 0 unspecified atom stereocenters. The van der Waals surface area contributed by atoms with Gasteiger partial charge in [-0.05, 0) is 31.8 Å². The normalized spacial score (nSPS) is 24.7. The molecule has 1 radical (unpaired) electrons. The topological polar surface area (TPSA) is 29.3 Å². The first-order valence-electron chi connectivity index (χ1n) is 5.07. The average Bonchev–Trinajstić information content (AvgIpc) is 2.20. The largest absolute Gasteiger partial charge is 0.372 e. The zero-order valence-corrected chi connectivity index (χ0v) is 7.95. The predicted octanol–water partition coefficient (Wildman–Crippen LogP) is 1.46. The highest BCUT2D eigenvalue weighted by Gasteiger charge is 2.16. The lowest BCUT2D eigenvalue weighted by atomic mass is 10.0. The lowest BCUT2D eigenvalue weighted by molar-refractivity contribution is 0.270. The van der Waals surface area contributed by atoms with Crippen LogP contribution in [0.4, 0.5) is 0 Å². The zero-order valence-electron chi connectivity index (χ0n) is 7.95. The van der Waals surface area contributed by atoms with Crippen molar-refractivity contribution < 1.29 is 0 Å². The minimum Gasteiger partial charge on any atom is -0.372 e. The van der Waals surface area contributed by atoms with E-state index in [1.807, 2.05) is 0 Å². The van der Waals surface area contributed by atoms with Crippen LogP contribution in [0.25, 0.3) is 0 Å². The molecule has 0 spiro atoms. The molecule has 2 nitrogen and oxygen atoms in total. The lowest BCUT2D eigenvalue weighted by Gasteiger charge is -2.33. The highest BCUT2D eigenvalue weighted by atomic mass is 15.1. The number of piperidine rings is 1. The second-order valence-electron chi connectivity index (χ2n) is 3.78. The van der Waals surface area contributed by atoms with Crippen molar-refractivity contribution in [1.29, 1.82) is 0 Å². The van der Waals surface area contributed by atoms with Crippen LogP contribution in [0.1, 0.15) is 19.3 Å². The van der Waals surface area contributed by atoms with Gasteiger partial charge in [-0.2, -0.15) is 0 Å². The van der Waals surface area contributed by atoms with Gasteiger partial charge in [0.2, 0.25) is 0 Å². The minimum absolute atomic E-state index is 0.427. The van der Waals surface area contributed by atoms with E-state index in [0.29, 0.717) is 6.04 Å². The molecule has 13 heavy (non-hydrogen) atoms. The second-order valence-corrected chi connectivity index (χ2v) is 3.78. The summed E-state index contributed by atoms with van der Waals surface area (Å²) in [7, 11) is 0. The summed E-state index contributed by atoms with van der Waals surface area (Å²) in [6.45, 7) is 2.24. The van der Waals surface area contributed by atoms with Gasteiger partial charge in [-0.3, -0.25) is 0 Å². The molecule has 0 aromatic rings. The Morgan fingerprint density at radius 2 is 2.08 bits per heavy atom. The van der Waals surface area contributed by atoms with Crippen molar-refractivity contribution in [3.05, 3.63) is 30.3 Å². The fourth-order valence-electron chi connectivity index (χ4n) is 1.89. The van der Waals surface area contributed by atoms with Gasteiger partial charge in [0.15, 0.2) is 0 Å². The fraction of sp³-hybridized carbons (Fsp3) is 0.545. The maximum atomic E-state index is 5.86. The summed E-state index contributed by atoms with van der Waals surface area (Å²) in [5.74, 6) is 0. The Kier molecular flexibility index (Phi) is 2.69. The SMILES string of the molecule is NC1CCN(C2=CC[CH]C=C2)CC1. The van der Waals surface area contributed by atoms with E-state index in [1.165, 1.54) is 5.70 Å². The van der Waals surface area contributed by atoms with E-state index < -0.39 is 0 Å². The van der Waals surface area contributed by atoms with E-state index in [1.54, 1.807) is 0 Å². The van der Waals surface area contributed by atoms with E-state index in [-0.39, 0.29) is 0 Å². The van der Waals surface area contributed by atoms with Crippen molar-refractivity contribution >= 4 is 0 Å². The van der Waals surface area contributed by atoms with E-state index in [2.05, 4.69) is 29.5 Å². The lowest BCUT2D eigenvalue weighted by Crippen LogP contribution is -2.38. The van der Waals surface area contributed by atoms with Gasteiger partial charge >= 0.3 is 0 Å². The van der Waals surface area contributed by atoms with Crippen LogP contribution in [-0.4, -0.2) is 24.0 Å². The Bertz CT molecular complexity index is 222. The summed E-state index contributed by atoms with van der Waals surface area (Å²) in [5, 5.41) is 0. The molecule has 2 N–H and O–H groups in total. The Balaban J connectivity index is 1.94. The van der Waals surface area contributed by atoms with Gasteiger partial charge in [-0.25, -0.2) is 0 Å². The van der Waals surface area contributed by atoms with E-state index >= 15 is 0 Å². The van der Waals surface area contributed by atoms with Crippen LogP contribution in [0.15, 0.2) is 23.9 Å². The number of nitrogens with zero attached hydrogens (tertiary/aromatic N) is 1. The van der Waals surface area contributed by atoms with Crippen LogP contribution in [0.2, 0.25) is 0 Å². The summed E-state index contributed by atoms with van der Waals surface area (Å²) in [4.78, 5) is 2.44. The van der Waals surface area contributed by atoms with Crippen molar-refractivity contribution in [1.82, 2.24) is 4.90 Å². The molecule has 0 aromatic heterocycles. The summed E-state index contributed by atoms with van der Waals surface area (Å²) in [6, 6.07) is 0.427. The molecule has 2 heteroatoms. The number of rotatable bonds is 1. The quantitative estimate of drug-likeness (QED) is 0.657. The third kappa shape index (κ3) is 2.13. The molecular formula is C11H17N2. The third-order valence-electron chi connectivity index (χ3n) is 2.77. The number of hydrogen-bond acceptors (Lipinski definition) is 2. The van der Waals surface area contributed by atoms with Crippen molar-refractivity contribution in [2.45, 2.75) is 25.3 Å². The van der Waals surface area contributed by atoms with Crippen LogP contribution in [0.3, 0.4) is 0 Å². The fourth-order valence-corrected chi connectivity index (χ4v) is 1.89. The number of allylic oxidation sites excluding steroid dienone is 3. The molecule has 1 fully saturated rings. The standard InChI is InChI=1S/C11H17N2/c12-10-6-8-13(9-7-10)11-4-2-1-3-5-11/h1-2,4-5,10H,3,6-9,12H2. The van der Waals surface area contributed by atoms with Crippen molar-refractivity contribution in [3.63, 3.8) is 0 Å². The number of likely N-dealkylation sites (tertiary alicyclic amines) is 1. The second kappa shape index (κ2) is 3.97. The van der Waals surface area contributed by atoms with Gasteiger partial charge in [0.1, 0.15) is 0 Å². The molecule has 2 aliphatic rings. The molecule has 0 aromatic carbocycles. The molecule has 1 saturated heterocycles. The highest BCUT2D eigenvalue weighted by Crippen LogP contribution is 2.18. The predicted molar refractivity (Wildman–Crippen MR) is 54.9 cm³/mol. The first-order valence-corrected chi connectivity index (χ1v) is 5.07. The smallest absolute Gasteiger partial charge is 0.0322 e. The summed E-state index contributed by atoms with van der Waals surface area (Å²) in [6.07, 6.45) is 12.2. The molecule has 2 rings (SSSR count). The van der Waals surface area contributed by atoms with Crippen molar-refractivity contribution in [2.75, 3.05) is 13.1 Å². The van der Waals surface area contributed by atoms with E-state index in [0.717, 1.165) is 32.4 Å². The zero-order chi connectivity index (χ0) is 9.10. The van der Waals surface area contributed by atoms with E-state index in [9.17, 15) is 0 Å². The Hall–Kier alpha value is -0.760. The molecule has 0 saturated carbocycles. The monoisotopic (exact) mass is 177 g/mol. The van der Waals surface area contributed by atoms with Crippen LogP contribution >= 0.6 is 0 Å². The third-order valence-corrected chi connectivity index (χ3v) is 2.77. The number of hydrogen-bond donors (Lipinski definition) is 1. The maximum absolute atomic E-state index is 5.86. The molecule has 0 amide bonds. The number of nitrogens with two attached hydrogens (primary N) is 1. The van der Waals surface area contributed by atoms with Gasteiger partial charge in [-0.1, -0.05) is 12.2 Å². The molecule has 0 atom stereocenters. The molecule has 1 heterocycles. The summed E-state index contributed by atoms with van der Waals surface area (Å²) >= 11 is 0. The molecule has 0 bridgehead atoms. The van der Waals surface area contributed by atoms with E-state index in [4.69, 9.17) is 5.73 Å². The summed E-state index contributed by atoms with van der Waals surface area (Å²) < 4.78 is 0. The highest BCUT2D eigenvalue weighted by molar-refractivity contribution is 5.25. The van der Waals surface area contributed by atoms with Crippen LogP contribution in [0, 0.1) is 6.42 Å². The van der Waals surface area contributed by atoms with Gasteiger partial charge in [0.25, 0.3) is 0 Å². The first-order chi connectivity index (χ1) is 6.36. The Morgan fingerprint density at radius 1 is 1.31 bits per heavy atom. The maximum Gasteiger partial charge on any atom is 0.0322 e. The van der Waals surface area contributed by atoms with Crippen LogP contribution < -0.4 is 5.73 Å². The van der Waals surface area contributed by atoms with Gasteiger partial charge in [0, 0.05) is 24.8 Å². The first kappa shape index (κ1) is 8.82. The Morgan fingerprint density at radius 3 is 2.69 bits per heavy atom. The summed E-state index contributed by atoms with van der Waals surface area (Å²) in [5.41, 5.74) is 7.24. The average molecular weight is 177 g/mol. The molecule has 1 aliphatic heterocycles. The Labute approximate surface area is 80.1 Å². The molecule has 71 valence electrons. The van der Waals surface area contributed by atoms with Crippen molar-refractivity contribution in [3.8, 4) is 0 Å². The van der Waals surface area contributed by atoms with Gasteiger partial charge in [-0.15, -0.1) is 0 Å². The minimum atomic E-state index is 0.427.